The molecule has 2 N–H and O–H groups in total. The third-order valence-corrected chi connectivity index (χ3v) is 9.06. The van der Waals surface area contributed by atoms with Gasteiger partial charge in [-0.3, -0.25) is 14.4 Å². The predicted octanol–water partition coefficient (Wildman–Crippen LogP) is 3.46. The summed E-state index contributed by atoms with van der Waals surface area (Å²) < 4.78 is 5.06. The summed E-state index contributed by atoms with van der Waals surface area (Å²) in [5, 5.41) is 13.5. The van der Waals surface area contributed by atoms with Crippen LogP contribution in [0.5, 0.6) is 0 Å². The summed E-state index contributed by atoms with van der Waals surface area (Å²) in [6.07, 6.45) is 1.79. The highest BCUT2D eigenvalue weighted by molar-refractivity contribution is 5.97. The molecule has 0 bridgehead atoms. The fraction of sp³-hybridized carbons (Fsp3) is 0.576. The Labute approximate surface area is 269 Å². The molecule has 13 nitrogen and oxygen atoms in total. The maximum Gasteiger partial charge on any atom is 0.527 e. The number of piperidine rings is 1. The van der Waals surface area contributed by atoms with Crippen molar-refractivity contribution in [1.82, 2.24) is 25.2 Å². The van der Waals surface area contributed by atoms with Crippen molar-refractivity contribution in [3.63, 3.8) is 0 Å². The van der Waals surface area contributed by atoms with Crippen molar-refractivity contribution in [2.45, 2.75) is 52.5 Å². The Bertz CT molecular complexity index is 1390. The quantitative estimate of drug-likeness (QED) is 0.245. The van der Waals surface area contributed by atoms with Gasteiger partial charge in [-0.05, 0) is 36.5 Å². The van der Waals surface area contributed by atoms with Gasteiger partial charge in [-0.15, -0.1) is 5.06 Å². The van der Waals surface area contributed by atoms with E-state index in [0.717, 1.165) is 31.5 Å². The number of hydroxylamine groups is 2. The van der Waals surface area contributed by atoms with Crippen molar-refractivity contribution in [3.05, 3.63) is 42.1 Å². The van der Waals surface area contributed by atoms with E-state index in [4.69, 9.17) is 19.7 Å². The lowest BCUT2D eigenvalue weighted by atomic mass is 10.0. The molecule has 248 valence electrons. The Balaban J connectivity index is 1.24. The van der Waals surface area contributed by atoms with E-state index in [0.29, 0.717) is 68.6 Å². The number of anilines is 1. The van der Waals surface area contributed by atoms with E-state index in [9.17, 15) is 19.2 Å². The van der Waals surface area contributed by atoms with Gasteiger partial charge in [0.15, 0.2) is 5.82 Å². The number of unbranched alkanes of at least 4 members (excludes halogenated alkanes) is 1. The molecule has 1 aromatic carbocycles. The standard InChI is InChI=1S/C33H44N6O7/c1-4-5-17-45-33(44)46-39-15-13-37(14-16-39)32(43)29(21(2)3)36-31(42)26-18-27(35-30(34-26)22-9-7-6-8-10-22)38-19-24-23(25(24)20-38)11-12-28(40)41/h6-10,18,21,23-25,29H,4-5,11-17,19-20H2,1-3H3,(H,36,42)(H,40,41)/t23-,24-,25+,29-/m0/s1. The Kier molecular flexibility index (Phi) is 10.7. The number of fused-ring (bicyclic) bond motifs is 1. The van der Waals surface area contributed by atoms with Gasteiger partial charge in [0.05, 0.1) is 19.7 Å². The fourth-order valence-electron chi connectivity index (χ4n) is 6.34. The number of amides is 2. The van der Waals surface area contributed by atoms with Gasteiger partial charge < -0.3 is 29.8 Å². The van der Waals surface area contributed by atoms with Gasteiger partial charge in [-0.2, -0.15) is 0 Å². The van der Waals surface area contributed by atoms with Crippen molar-refractivity contribution in [1.29, 1.82) is 0 Å². The van der Waals surface area contributed by atoms with E-state index >= 15 is 0 Å². The predicted molar refractivity (Wildman–Crippen MR) is 169 cm³/mol. The zero-order chi connectivity index (χ0) is 32.8. The molecule has 2 amide bonds. The SMILES string of the molecule is CCCCOC(=O)ON1CCN(C(=O)[C@@H](NC(=O)c2cc(N3C[C@@H]4[C@@H](CCC(=O)O)[C@@H]4C3)nc(-c3ccccc3)n2)C(C)C)CC1. The molecule has 2 aromatic rings. The second kappa shape index (κ2) is 14.9. The highest BCUT2D eigenvalue weighted by Crippen LogP contribution is 2.54. The van der Waals surface area contributed by atoms with Crippen LogP contribution in [0.3, 0.4) is 0 Å². The summed E-state index contributed by atoms with van der Waals surface area (Å²) in [6.45, 7) is 8.90. The van der Waals surface area contributed by atoms with Crippen molar-refractivity contribution < 1.29 is 33.9 Å². The molecule has 0 spiro atoms. The highest BCUT2D eigenvalue weighted by atomic mass is 16.8. The maximum atomic E-state index is 13.7. The number of benzene rings is 1. The summed E-state index contributed by atoms with van der Waals surface area (Å²) in [7, 11) is 0. The molecule has 4 atom stereocenters. The first kappa shape index (κ1) is 33.1. The van der Waals surface area contributed by atoms with Crippen LogP contribution in [0.4, 0.5) is 10.6 Å². The summed E-state index contributed by atoms with van der Waals surface area (Å²) in [5.41, 5.74) is 0.943. The lowest BCUT2D eigenvalue weighted by Gasteiger charge is -2.35. The minimum atomic E-state index is -0.785. The molecule has 3 heterocycles. The molecular formula is C33H44N6O7. The molecule has 2 saturated heterocycles. The largest absolute Gasteiger partial charge is 0.527 e. The summed E-state index contributed by atoms with van der Waals surface area (Å²) in [4.78, 5) is 68.8. The second-order valence-electron chi connectivity index (χ2n) is 12.6. The number of piperazine rings is 1. The van der Waals surface area contributed by atoms with Gasteiger partial charge >= 0.3 is 12.1 Å². The number of carboxylic acid groups (broad SMARTS) is 1. The average Bonchev–Trinajstić information content (AvgIpc) is 3.50. The fourth-order valence-corrected chi connectivity index (χ4v) is 6.34. The van der Waals surface area contributed by atoms with Crippen LogP contribution >= 0.6 is 0 Å². The first-order valence-electron chi connectivity index (χ1n) is 16.2. The minimum absolute atomic E-state index is 0.171. The first-order valence-corrected chi connectivity index (χ1v) is 16.2. The second-order valence-corrected chi connectivity index (χ2v) is 12.6. The Morgan fingerprint density at radius 3 is 2.35 bits per heavy atom. The number of nitrogens with zero attached hydrogens (tertiary/aromatic N) is 5. The van der Waals surface area contributed by atoms with Crippen LogP contribution in [-0.2, 0) is 19.2 Å². The lowest BCUT2D eigenvalue weighted by molar-refractivity contribution is -0.158. The summed E-state index contributed by atoms with van der Waals surface area (Å²) >= 11 is 0. The zero-order valence-electron chi connectivity index (χ0n) is 26.8. The third-order valence-electron chi connectivity index (χ3n) is 9.06. The van der Waals surface area contributed by atoms with E-state index in [-0.39, 0.29) is 23.9 Å². The van der Waals surface area contributed by atoms with Crippen LogP contribution in [0, 0.1) is 23.7 Å². The number of carbonyl (C=O) groups excluding carboxylic acids is 3. The highest BCUT2D eigenvalue weighted by Gasteiger charge is 2.55. The van der Waals surface area contributed by atoms with Crippen LogP contribution < -0.4 is 10.2 Å². The molecule has 0 unspecified atom stereocenters. The van der Waals surface area contributed by atoms with Crippen LogP contribution in [0.25, 0.3) is 11.4 Å². The van der Waals surface area contributed by atoms with E-state index in [1.807, 2.05) is 51.1 Å². The molecule has 13 heteroatoms. The van der Waals surface area contributed by atoms with Gasteiger partial charge in [-0.25, -0.2) is 14.8 Å². The molecule has 1 aliphatic carbocycles. The number of aromatic nitrogens is 2. The van der Waals surface area contributed by atoms with E-state index in [2.05, 4.69) is 15.2 Å². The number of rotatable bonds is 13. The van der Waals surface area contributed by atoms with Crippen molar-refractivity contribution in [2.24, 2.45) is 23.7 Å². The normalized spacial score (nSPS) is 21.4. The lowest BCUT2D eigenvalue weighted by Crippen LogP contribution is -2.56. The van der Waals surface area contributed by atoms with Gasteiger partial charge in [0, 0.05) is 44.2 Å². The van der Waals surface area contributed by atoms with E-state index < -0.39 is 24.1 Å². The van der Waals surface area contributed by atoms with Crippen LogP contribution in [0.2, 0.25) is 0 Å². The van der Waals surface area contributed by atoms with Gasteiger partial charge in [0.25, 0.3) is 5.91 Å². The zero-order valence-corrected chi connectivity index (χ0v) is 26.8. The summed E-state index contributed by atoms with van der Waals surface area (Å²) in [6, 6.07) is 10.3. The number of aliphatic carboxylic acids is 1. The van der Waals surface area contributed by atoms with Crippen molar-refractivity contribution in [3.8, 4) is 11.4 Å². The Morgan fingerprint density at radius 2 is 1.72 bits per heavy atom. The van der Waals surface area contributed by atoms with E-state index in [1.54, 1.807) is 11.0 Å². The Hall–Kier alpha value is -4.26. The molecule has 1 saturated carbocycles. The number of ether oxygens (including phenoxy) is 1. The first-order chi connectivity index (χ1) is 22.1. The Morgan fingerprint density at radius 1 is 1.02 bits per heavy atom. The maximum absolute atomic E-state index is 13.7. The van der Waals surface area contributed by atoms with Gasteiger partial charge in [0.2, 0.25) is 5.91 Å². The topological polar surface area (TPSA) is 154 Å². The monoisotopic (exact) mass is 636 g/mol. The average molecular weight is 637 g/mol. The minimum Gasteiger partial charge on any atom is -0.481 e. The number of carbonyl (C=O) groups is 4. The van der Waals surface area contributed by atoms with Gasteiger partial charge in [-0.1, -0.05) is 57.5 Å². The van der Waals surface area contributed by atoms with Crippen LogP contribution in [0.1, 0.15) is 56.9 Å². The molecule has 0 radical (unpaired) electrons. The molecule has 46 heavy (non-hydrogen) atoms. The van der Waals surface area contributed by atoms with Gasteiger partial charge in [0.1, 0.15) is 17.6 Å². The van der Waals surface area contributed by atoms with Crippen LogP contribution in [0.15, 0.2) is 36.4 Å². The molecule has 2 aliphatic heterocycles. The molecule has 1 aromatic heterocycles. The molecule has 3 fully saturated rings. The number of nitrogens with one attached hydrogen (secondary N) is 1. The number of carboxylic acids is 1. The summed E-state index contributed by atoms with van der Waals surface area (Å²) in [5.74, 6) is 0.683. The third kappa shape index (κ3) is 8.11. The number of hydrogen-bond donors (Lipinski definition) is 2. The molecule has 3 aliphatic rings. The van der Waals surface area contributed by atoms with E-state index in [1.165, 1.54) is 5.06 Å². The van der Waals surface area contributed by atoms with Crippen molar-refractivity contribution in [2.75, 3.05) is 50.8 Å². The smallest absolute Gasteiger partial charge is 0.481 e. The molecule has 5 rings (SSSR count). The van der Waals surface area contributed by atoms with Crippen LogP contribution in [-0.4, -0.2) is 101 Å². The number of hydrogen-bond acceptors (Lipinski definition) is 10. The van der Waals surface area contributed by atoms with Crippen molar-refractivity contribution >= 4 is 29.8 Å². The molecular weight excluding hydrogens is 592 g/mol.